The number of oxime groups is 1. The number of amides is 1. The lowest BCUT2D eigenvalue weighted by Gasteiger charge is -2.47. The van der Waals surface area contributed by atoms with Gasteiger partial charge >= 0.3 is 11.9 Å². The summed E-state index contributed by atoms with van der Waals surface area (Å²) in [4.78, 5) is 74.6. The molecule has 2 fully saturated rings. The number of anilines is 1. The van der Waals surface area contributed by atoms with Gasteiger partial charge in [-0.25, -0.2) is 24.1 Å². The molecule has 0 unspecified atom stereocenters. The number of alkyl halides is 1. The summed E-state index contributed by atoms with van der Waals surface area (Å²) in [6.07, 6.45) is -5.43. The Kier molecular flexibility index (Phi) is 18.9. The van der Waals surface area contributed by atoms with Crippen LogP contribution in [0.2, 0.25) is 0 Å². The van der Waals surface area contributed by atoms with Crippen LogP contribution in [0.25, 0.3) is 11.6 Å². The Bertz CT molecular complexity index is 2090. The number of hydrogen-bond donors (Lipinski definition) is 3. The number of Topliss-reactive ketones (excluding diaryl/α,β-unsaturated/α-hetero) is 1. The van der Waals surface area contributed by atoms with Crippen molar-refractivity contribution in [2.75, 3.05) is 26.4 Å². The first-order valence-corrected chi connectivity index (χ1v) is 22.9. The lowest BCUT2D eigenvalue weighted by atomic mass is 9.73. The fourth-order valence-corrected chi connectivity index (χ4v) is 8.94. The number of ether oxygens (including phenoxy) is 5. The van der Waals surface area contributed by atoms with Gasteiger partial charge in [0.15, 0.2) is 24.8 Å². The number of nitrogen functional groups attached to an aromatic ring is 1. The van der Waals surface area contributed by atoms with Crippen LogP contribution < -0.4 is 5.73 Å². The van der Waals surface area contributed by atoms with Crippen molar-refractivity contribution in [2.45, 2.75) is 175 Å². The van der Waals surface area contributed by atoms with Crippen molar-refractivity contribution in [3.63, 3.8) is 0 Å². The van der Waals surface area contributed by atoms with Gasteiger partial charge in [0.1, 0.15) is 35.2 Å². The van der Waals surface area contributed by atoms with E-state index in [0.29, 0.717) is 35.8 Å². The second kappa shape index (κ2) is 23.0. The van der Waals surface area contributed by atoms with E-state index >= 15 is 4.39 Å². The molecule has 13 atom stereocenters. The molecule has 20 heteroatoms. The van der Waals surface area contributed by atoms with E-state index in [2.05, 4.69) is 20.1 Å². The van der Waals surface area contributed by atoms with Gasteiger partial charge in [-0.05, 0) is 85.5 Å². The number of aliphatic imine (C=N–C) groups is 1. The number of pyridine rings is 1. The van der Waals surface area contributed by atoms with Gasteiger partial charge in [-0.2, -0.15) is 0 Å². The lowest BCUT2D eigenvalue weighted by molar-refractivity contribution is -0.295. The van der Waals surface area contributed by atoms with Crippen LogP contribution in [0, 0.1) is 17.8 Å². The number of oxazole rings is 1. The summed E-state index contributed by atoms with van der Waals surface area (Å²) in [7, 11) is 3.59. The Morgan fingerprint density at radius 1 is 1.01 bits per heavy atom. The van der Waals surface area contributed by atoms with Crippen molar-refractivity contribution < 1.29 is 66.7 Å². The van der Waals surface area contributed by atoms with Gasteiger partial charge in [0, 0.05) is 30.9 Å². The molecule has 2 aromatic rings. The summed E-state index contributed by atoms with van der Waals surface area (Å²) < 4.78 is 53.2. The molecule has 67 heavy (non-hydrogen) atoms. The largest absolute Gasteiger partial charge is 0.457 e. The minimum absolute atomic E-state index is 0.0114. The molecule has 4 N–H and O–H groups in total. The molecule has 0 saturated carbocycles. The fraction of sp³-hybridized carbons (Fsp3) is 0.702. The van der Waals surface area contributed by atoms with Crippen molar-refractivity contribution in [1.29, 1.82) is 0 Å². The van der Waals surface area contributed by atoms with Crippen LogP contribution in [0.1, 0.15) is 114 Å². The molecule has 374 valence electrons. The van der Waals surface area contributed by atoms with Crippen molar-refractivity contribution >= 4 is 40.9 Å². The number of halogens is 1. The summed E-state index contributed by atoms with van der Waals surface area (Å²) in [6, 6.07) is 4.62. The zero-order valence-electron chi connectivity index (χ0n) is 41.1. The van der Waals surface area contributed by atoms with Crippen LogP contribution in [0.5, 0.6) is 0 Å². The van der Waals surface area contributed by atoms with E-state index in [1.807, 2.05) is 4.90 Å². The molecule has 2 aliphatic heterocycles. The third-order valence-corrected chi connectivity index (χ3v) is 12.5. The molecule has 4 rings (SSSR count). The first-order chi connectivity index (χ1) is 31.3. The number of cyclic esters (lactones) is 1. The quantitative estimate of drug-likeness (QED) is 0.0954. The summed E-state index contributed by atoms with van der Waals surface area (Å²) in [5.41, 5.74) is -0.286. The van der Waals surface area contributed by atoms with Gasteiger partial charge in [0.2, 0.25) is 11.8 Å². The monoisotopic (exact) mass is 947 g/mol. The highest BCUT2D eigenvalue weighted by Gasteiger charge is 2.56. The standard InChI is InChI=1S/C47H71FN6O13/c1-14-30(53-63-24-31-23-62-42(50-31)32-18-17-19-35(49)51-32)22-61-41-27(6)37(52-36(56)16-3)25(4)21-45(9,59)40(67-43-38(65-29(8)55)33(54(12)13)20-26(5)64-43)28(7)39(57)46(10,48)44(58)66-34(15-2)47(41,11)60/h17-19,23,25-28,33-34,38,40-41,43,59-60H,14-16,20-22,24H2,1-13H3,(H2,49,51)/b52-37?,53-30-/t25-,26-,27+,28+,33+,34-,38-,40-,41-,43+,45-,46+,47-/m1/s1. The highest BCUT2D eigenvalue weighted by atomic mass is 19.1. The normalized spacial score (nSPS) is 34.4. The molecule has 0 aromatic carbocycles. The van der Waals surface area contributed by atoms with Gasteiger partial charge in [-0.15, -0.1) is 0 Å². The Morgan fingerprint density at radius 3 is 2.30 bits per heavy atom. The molecular formula is C47H71FN6O13. The van der Waals surface area contributed by atoms with Crippen LogP contribution >= 0.6 is 0 Å². The van der Waals surface area contributed by atoms with Crippen molar-refractivity contribution in [3.05, 3.63) is 30.2 Å². The van der Waals surface area contributed by atoms with Gasteiger partial charge in [0.25, 0.3) is 5.67 Å². The summed E-state index contributed by atoms with van der Waals surface area (Å²) in [5.74, 6) is -6.82. The first-order valence-electron chi connectivity index (χ1n) is 22.9. The summed E-state index contributed by atoms with van der Waals surface area (Å²) >= 11 is 0. The predicted molar refractivity (Wildman–Crippen MR) is 244 cm³/mol. The minimum Gasteiger partial charge on any atom is -0.457 e. The van der Waals surface area contributed by atoms with E-state index in [9.17, 15) is 29.4 Å². The number of nitrogens with zero attached hydrogens (tertiary/aromatic N) is 5. The van der Waals surface area contributed by atoms with Gasteiger partial charge in [-0.1, -0.05) is 52.8 Å². The molecule has 4 heterocycles. The van der Waals surface area contributed by atoms with Crippen LogP contribution in [0.15, 0.2) is 39.0 Å². The average molecular weight is 947 g/mol. The Morgan fingerprint density at radius 2 is 1.70 bits per heavy atom. The van der Waals surface area contributed by atoms with E-state index < -0.39 is 101 Å². The number of nitrogens with two attached hydrogens (primary N) is 1. The smallest absolute Gasteiger partial charge is 0.351 e. The maximum atomic E-state index is 17.0. The predicted octanol–water partition coefficient (Wildman–Crippen LogP) is 5.18. The zero-order valence-corrected chi connectivity index (χ0v) is 41.1. The summed E-state index contributed by atoms with van der Waals surface area (Å²) in [6.45, 7) is 15.9. The van der Waals surface area contributed by atoms with Crippen LogP contribution in [0.4, 0.5) is 10.2 Å². The molecule has 0 aliphatic carbocycles. The molecule has 0 spiro atoms. The molecule has 2 aromatic heterocycles. The number of carbonyl (C=O) groups is 4. The number of hydrogen-bond acceptors (Lipinski definition) is 18. The molecule has 0 radical (unpaired) electrons. The number of esters is 2. The maximum absolute atomic E-state index is 17.0. The van der Waals surface area contributed by atoms with E-state index in [0.717, 1.165) is 6.92 Å². The van der Waals surface area contributed by atoms with E-state index in [1.54, 1.807) is 73.8 Å². The number of aliphatic hydroxyl groups is 2. The highest BCUT2D eigenvalue weighted by molar-refractivity contribution is 6.08. The number of likely N-dealkylation sites (N-methyl/N-ethyl adjacent to an activating group) is 1. The first kappa shape index (κ1) is 54.9. The number of ketones is 1. The van der Waals surface area contributed by atoms with Gasteiger partial charge in [0.05, 0.1) is 42.3 Å². The van der Waals surface area contributed by atoms with Gasteiger partial charge < -0.3 is 53.8 Å². The highest BCUT2D eigenvalue weighted by Crippen LogP contribution is 2.39. The van der Waals surface area contributed by atoms with Gasteiger partial charge in [-0.3, -0.25) is 14.4 Å². The topological polar surface area (TPSA) is 257 Å². The minimum atomic E-state index is -3.32. The maximum Gasteiger partial charge on any atom is 0.351 e. The SMILES string of the molecule is CCC(=O)N=C1[C@H](C)C[C@@](C)(O)[C@H](O[C@@H]2O[C@H](C)C[C@H](N(C)C)[C@H]2OC(C)=O)[C@@H](C)C(=O)[C@](C)(F)C(=O)O[C@H](CC)[C@@](C)(O)[C@H](OC/C(CC)=N\OCc2coc(-c3cccc(N)n3)n2)[C@H]1C. The molecule has 2 aliphatic rings. The van der Waals surface area contributed by atoms with E-state index in [1.165, 1.54) is 34.0 Å². The molecule has 0 bridgehead atoms. The molecule has 2 saturated heterocycles. The fourth-order valence-electron chi connectivity index (χ4n) is 8.94. The number of aromatic nitrogens is 2. The second-order valence-corrected chi connectivity index (χ2v) is 18.5. The van der Waals surface area contributed by atoms with Crippen LogP contribution in [-0.4, -0.2) is 141 Å². The summed E-state index contributed by atoms with van der Waals surface area (Å²) in [5, 5.41) is 29.4. The van der Waals surface area contributed by atoms with Crippen molar-refractivity contribution in [3.8, 4) is 11.6 Å². The number of rotatable bonds is 14. The Hall–Kier alpha value is -4.73. The van der Waals surface area contributed by atoms with Crippen molar-refractivity contribution in [1.82, 2.24) is 14.9 Å². The van der Waals surface area contributed by atoms with E-state index in [4.69, 9.17) is 38.7 Å². The van der Waals surface area contributed by atoms with E-state index in [-0.39, 0.29) is 44.1 Å². The van der Waals surface area contributed by atoms with Crippen molar-refractivity contribution in [2.24, 2.45) is 27.9 Å². The average Bonchev–Trinajstić information content (AvgIpc) is 3.73. The molecule has 19 nitrogen and oxygen atoms in total. The third kappa shape index (κ3) is 13.5. The zero-order chi connectivity index (χ0) is 50.2. The molecular weight excluding hydrogens is 876 g/mol. The molecule has 1 amide bonds. The second-order valence-electron chi connectivity index (χ2n) is 18.5. The number of carbonyl (C=O) groups excluding carboxylic acids is 4. The Balaban J connectivity index is 1.77. The third-order valence-electron chi connectivity index (χ3n) is 12.5. The van der Waals surface area contributed by atoms with Crippen LogP contribution in [0.3, 0.4) is 0 Å². The lowest BCUT2D eigenvalue weighted by Crippen LogP contribution is -2.61. The Labute approximate surface area is 392 Å². The van der Waals surface area contributed by atoms with Crippen LogP contribution in [-0.2, 0) is 54.3 Å².